The summed E-state index contributed by atoms with van der Waals surface area (Å²) in [7, 11) is 0. The molecule has 0 unspecified atom stereocenters. The van der Waals surface area contributed by atoms with Crippen molar-refractivity contribution in [2.24, 2.45) is 5.92 Å². The molecule has 150 valence electrons. The summed E-state index contributed by atoms with van der Waals surface area (Å²) in [5.74, 6) is 1.39. The van der Waals surface area contributed by atoms with Crippen molar-refractivity contribution in [3.63, 3.8) is 0 Å². The lowest BCUT2D eigenvalue weighted by Crippen LogP contribution is -2.49. The minimum absolute atomic E-state index is 0.101. The van der Waals surface area contributed by atoms with Gasteiger partial charge in [-0.2, -0.15) is 0 Å². The Hall–Kier alpha value is -3.29. The molecule has 8 nitrogen and oxygen atoms in total. The summed E-state index contributed by atoms with van der Waals surface area (Å²) < 4.78 is 0. The lowest BCUT2D eigenvalue weighted by atomic mass is 10.1. The molecule has 3 heterocycles. The third-order valence-corrected chi connectivity index (χ3v) is 5.02. The molecular weight excluding hydrogens is 366 g/mol. The number of carbonyl (C=O) groups excluding carboxylic acids is 1. The highest BCUT2D eigenvalue weighted by molar-refractivity contribution is 5.93. The number of hydrogen-bond acceptors (Lipinski definition) is 7. The summed E-state index contributed by atoms with van der Waals surface area (Å²) in [5.41, 5.74) is 7.94. The Morgan fingerprint density at radius 3 is 2.62 bits per heavy atom. The summed E-state index contributed by atoms with van der Waals surface area (Å²) >= 11 is 0. The van der Waals surface area contributed by atoms with Crippen LogP contribution >= 0.6 is 0 Å². The van der Waals surface area contributed by atoms with Gasteiger partial charge >= 0.3 is 0 Å². The van der Waals surface area contributed by atoms with Crippen LogP contribution in [-0.2, 0) is 6.42 Å². The van der Waals surface area contributed by atoms with E-state index in [0.717, 1.165) is 28.8 Å². The number of piperazine rings is 1. The number of nitrogens with two attached hydrogens (primary N) is 1. The number of hydrogen-bond donors (Lipinski definition) is 1. The summed E-state index contributed by atoms with van der Waals surface area (Å²) in [6.07, 6.45) is 2.36. The van der Waals surface area contributed by atoms with Crippen molar-refractivity contribution >= 4 is 28.6 Å². The topological polar surface area (TPSA) is 101 Å². The molecule has 2 N–H and O–H groups in total. The molecule has 0 aliphatic carbocycles. The number of benzene rings is 1. The monoisotopic (exact) mass is 391 g/mol. The van der Waals surface area contributed by atoms with Gasteiger partial charge in [0, 0.05) is 37.3 Å². The largest absolute Gasteiger partial charge is 0.368 e. The van der Waals surface area contributed by atoms with Crippen LogP contribution in [0.2, 0.25) is 0 Å². The minimum atomic E-state index is -0.101. The number of nitrogens with zero attached hydrogens (tertiary/aromatic N) is 6. The van der Waals surface area contributed by atoms with E-state index in [0.29, 0.717) is 37.8 Å². The van der Waals surface area contributed by atoms with Crippen LogP contribution in [0.4, 0.5) is 11.8 Å². The highest BCUT2D eigenvalue weighted by Gasteiger charge is 2.25. The molecule has 0 saturated carbocycles. The van der Waals surface area contributed by atoms with Crippen LogP contribution in [0.3, 0.4) is 0 Å². The average molecular weight is 391 g/mol. The van der Waals surface area contributed by atoms with E-state index in [9.17, 15) is 4.79 Å². The lowest BCUT2D eigenvalue weighted by Gasteiger charge is -2.35. The number of rotatable bonds is 4. The maximum atomic E-state index is 13.0. The highest BCUT2D eigenvalue weighted by atomic mass is 16.2. The Morgan fingerprint density at radius 1 is 1.10 bits per heavy atom. The molecule has 0 spiro atoms. The van der Waals surface area contributed by atoms with Crippen molar-refractivity contribution in [3.05, 3.63) is 48.0 Å². The Balaban J connectivity index is 1.48. The zero-order valence-electron chi connectivity index (χ0n) is 16.7. The van der Waals surface area contributed by atoms with Gasteiger partial charge in [-0.05, 0) is 30.5 Å². The molecule has 0 atom stereocenters. The Morgan fingerprint density at radius 2 is 1.86 bits per heavy atom. The number of carbonyl (C=O) groups is 1. The van der Waals surface area contributed by atoms with E-state index in [-0.39, 0.29) is 11.9 Å². The number of aromatic nitrogens is 4. The summed E-state index contributed by atoms with van der Waals surface area (Å²) in [6.45, 7) is 6.81. The third-order valence-electron chi connectivity index (χ3n) is 5.02. The van der Waals surface area contributed by atoms with E-state index >= 15 is 0 Å². The first-order valence-electron chi connectivity index (χ1n) is 9.88. The van der Waals surface area contributed by atoms with Gasteiger partial charge in [-0.15, -0.1) is 0 Å². The molecule has 1 aliphatic heterocycles. The van der Waals surface area contributed by atoms with E-state index in [2.05, 4.69) is 38.7 Å². The van der Waals surface area contributed by atoms with Crippen molar-refractivity contribution in [1.82, 2.24) is 24.8 Å². The van der Waals surface area contributed by atoms with Gasteiger partial charge in [-0.1, -0.05) is 26.0 Å². The molecule has 0 radical (unpaired) electrons. The predicted molar refractivity (Wildman–Crippen MR) is 113 cm³/mol. The van der Waals surface area contributed by atoms with Gasteiger partial charge in [-0.25, -0.2) is 19.9 Å². The second-order valence-corrected chi connectivity index (χ2v) is 7.69. The molecule has 1 saturated heterocycles. The maximum Gasteiger partial charge on any atom is 0.272 e. The Labute approximate surface area is 169 Å². The van der Waals surface area contributed by atoms with Crippen LogP contribution in [0.15, 0.2) is 36.7 Å². The number of fused-ring (bicyclic) bond motifs is 1. The summed E-state index contributed by atoms with van der Waals surface area (Å²) in [6, 6.07) is 9.74. The SMILES string of the molecule is CC(C)Cc1cc(C(=O)N2CCN(c3ncnc4ccccc34)CC2)nc(N)n1. The second kappa shape index (κ2) is 7.98. The number of nitrogen functional groups attached to an aromatic ring is 1. The molecule has 1 aromatic carbocycles. The Kier molecular flexibility index (Phi) is 5.24. The predicted octanol–water partition coefficient (Wildman–Crippen LogP) is 2.16. The number of para-hydroxylation sites is 1. The van der Waals surface area contributed by atoms with Gasteiger partial charge < -0.3 is 15.5 Å². The Bertz CT molecular complexity index is 1020. The van der Waals surface area contributed by atoms with Crippen LogP contribution in [0, 0.1) is 5.92 Å². The van der Waals surface area contributed by atoms with Crippen LogP contribution in [0.5, 0.6) is 0 Å². The quantitative estimate of drug-likeness (QED) is 0.727. The normalized spacial score (nSPS) is 14.6. The number of amides is 1. The average Bonchev–Trinajstić information content (AvgIpc) is 2.72. The van der Waals surface area contributed by atoms with Crippen LogP contribution in [0.1, 0.15) is 30.0 Å². The molecule has 0 bridgehead atoms. The van der Waals surface area contributed by atoms with Gasteiger partial charge in [0.2, 0.25) is 5.95 Å². The third kappa shape index (κ3) is 4.11. The van der Waals surface area contributed by atoms with Gasteiger partial charge in [0.05, 0.1) is 5.52 Å². The molecule has 4 rings (SSSR count). The summed E-state index contributed by atoms with van der Waals surface area (Å²) in [5, 5.41) is 1.02. The smallest absolute Gasteiger partial charge is 0.272 e. The highest BCUT2D eigenvalue weighted by Crippen LogP contribution is 2.24. The van der Waals surface area contributed by atoms with E-state index in [1.165, 1.54) is 0 Å². The molecule has 8 heteroatoms. The van der Waals surface area contributed by atoms with Crippen LogP contribution in [0.25, 0.3) is 10.9 Å². The standard InChI is InChI=1S/C21H25N7O/c1-14(2)11-15-12-18(26-21(22)25-15)20(29)28-9-7-27(8-10-28)19-16-5-3-4-6-17(16)23-13-24-19/h3-6,12-14H,7-11H2,1-2H3,(H2,22,25,26). The number of anilines is 2. The first-order chi connectivity index (χ1) is 14.0. The summed E-state index contributed by atoms with van der Waals surface area (Å²) in [4.78, 5) is 34.2. The first kappa shape index (κ1) is 19.0. The fraction of sp³-hybridized carbons (Fsp3) is 0.381. The fourth-order valence-corrected chi connectivity index (χ4v) is 3.68. The van der Waals surface area contributed by atoms with E-state index in [4.69, 9.17) is 5.73 Å². The molecule has 2 aromatic heterocycles. The van der Waals surface area contributed by atoms with E-state index in [1.807, 2.05) is 29.2 Å². The van der Waals surface area contributed by atoms with Crippen LogP contribution in [-0.4, -0.2) is 56.9 Å². The zero-order valence-corrected chi connectivity index (χ0v) is 16.7. The van der Waals surface area contributed by atoms with Crippen molar-refractivity contribution < 1.29 is 4.79 Å². The maximum absolute atomic E-state index is 13.0. The molecule has 1 aliphatic rings. The van der Waals surface area contributed by atoms with Gasteiger partial charge in [0.1, 0.15) is 17.8 Å². The lowest BCUT2D eigenvalue weighted by molar-refractivity contribution is 0.0740. The van der Waals surface area contributed by atoms with Crippen molar-refractivity contribution in [2.45, 2.75) is 20.3 Å². The fourth-order valence-electron chi connectivity index (χ4n) is 3.68. The second-order valence-electron chi connectivity index (χ2n) is 7.69. The zero-order chi connectivity index (χ0) is 20.4. The van der Waals surface area contributed by atoms with Gasteiger partial charge in [-0.3, -0.25) is 4.79 Å². The molecule has 29 heavy (non-hydrogen) atoms. The van der Waals surface area contributed by atoms with Gasteiger partial charge in [0.15, 0.2) is 0 Å². The van der Waals surface area contributed by atoms with Gasteiger partial charge in [0.25, 0.3) is 5.91 Å². The van der Waals surface area contributed by atoms with Crippen molar-refractivity contribution in [2.75, 3.05) is 36.8 Å². The minimum Gasteiger partial charge on any atom is -0.368 e. The molecule has 3 aromatic rings. The van der Waals surface area contributed by atoms with Crippen molar-refractivity contribution in [3.8, 4) is 0 Å². The molecule has 1 fully saturated rings. The van der Waals surface area contributed by atoms with Crippen LogP contribution < -0.4 is 10.6 Å². The first-order valence-corrected chi connectivity index (χ1v) is 9.88. The molecule has 1 amide bonds. The van der Waals surface area contributed by atoms with E-state index in [1.54, 1.807) is 12.4 Å². The molecular formula is C21H25N7O. The van der Waals surface area contributed by atoms with Crippen molar-refractivity contribution in [1.29, 1.82) is 0 Å². The van der Waals surface area contributed by atoms with E-state index < -0.39 is 0 Å².